The largest absolute Gasteiger partial charge is 0.492 e. The Kier molecular flexibility index (Phi) is 18.3. The van der Waals surface area contributed by atoms with Crippen molar-refractivity contribution in [3.8, 4) is 40.1 Å². The first kappa shape index (κ1) is 54.5. The topological polar surface area (TPSA) is 293 Å². The number of Topliss-reactive ketones (excluding diaryl/α,β-unsaturated/α-hetero) is 3. The minimum absolute atomic E-state index is 0.0180. The molecule has 0 aliphatic carbocycles. The van der Waals surface area contributed by atoms with Gasteiger partial charge in [0, 0.05) is 75.8 Å². The molecule has 0 radical (unpaired) electrons. The molecule has 0 spiro atoms. The lowest BCUT2D eigenvalue weighted by molar-refractivity contribution is -0.142. The highest BCUT2D eigenvalue weighted by atomic mass is 32.2. The van der Waals surface area contributed by atoms with Crippen LogP contribution in [0.25, 0.3) is 22.5 Å². The molecule has 3 aromatic carbocycles. The summed E-state index contributed by atoms with van der Waals surface area (Å²) in [5.74, 6) is -4.19. The molecular weight excluding hydrogens is 915 g/mol. The Hall–Kier alpha value is -6.43. The summed E-state index contributed by atoms with van der Waals surface area (Å²) in [6.07, 6.45) is -1.20. The molecule has 1 aromatic heterocycles. The number of nitrogens with one attached hydrogen (secondary N) is 2. The van der Waals surface area contributed by atoms with Gasteiger partial charge in [-0.2, -0.15) is 13.7 Å². The summed E-state index contributed by atoms with van der Waals surface area (Å²) in [4.78, 5) is 82.2. The fraction of sp³-hybridized carbons (Fsp3) is 0.451. The Bertz CT molecular complexity index is 2740. The van der Waals surface area contributed by atoms with Crippen molar-refractivity contribution in [2.45, 2.75) is 98.1 Å². The number of aryl methyl sites for hydroxylation is 3. The van der Waals surface area contributed by atoms with E-state index in [-0.39, 0.29) is 56.5 Å². The Balaban J connectivity index is 1.62. The smallest absolute Gasteiger partial charge is 0.274 e. The zero-order valence-corrected chi connectivity index (χ0v) is 42.0. The van der Waals surface area contributed by atoms with Crippen molar-refractivity contribution < 1.29 is 41.9 Å². The van der Waals surface area contributed by atoms with Crippen LogP contribution < -0.4 is 36.1 Å². The summed E-state index contributed by atoms with van der Waals surface area (Å²) in [5, 5.41) is 17.5. The second-order valence-corrected chi connectivity index (χ2v) is 20.1. The number of rotatable bonds is 18. The SMILES string of the molecule is Cc1cc(OCCN)c2cc1-c1cc(ccc1OCCN)[C@H](N(C)C(=O)[C@H](CNS(N)(=O)=O)CC(=O)c1c(C)nc(-c3ccc(C(C)(C)C)cc3)nc1C)C(=O)C[C@@H](C)C(=O)N[C@H](C(=O)CCC#N)C2. The Morgan fingerprint density at radius 1 is 0.929 bits per heavy atom. The first-order valence-corrected chi connectivity index (χ1v) is 24.7. The molecular formula is C51H65N9O9S. The van der Waals surface area contributed by atoms with Crippen LogP contribution in [-0.4, -0.2) is 98.4 Å². The van der Waals surface area contributed by atoms with Crippen molar-refractivity contribution in [1.82, 2.24) is 24.9 Å². The van der Waals surface area contributed by atoms with Gasteiger partial charge in [0.2, 0.25) is 11.8 Å². The third kappa shape index (κ3) is 13.7. The molecule has 5 rings (SSSR count). The van der Waals surface area contributed by atoms with Crippen LogP contribution in [0.1, 0.15) is 103 Å². The number of nitrogens with two attached hydrogens (primary N) is 3. The molecule has 18 nitrogen and oxygen atoms in total. The van der Waals surface area contributed by atoms with Gasteiger partial charge in [0.25, 0.3) is 10.2 Å². The zero-order valence-electron chi connectivity index (χ0n) is 41.2. The molecule has 0 saturated carbocycles. The third-order valence-electron chi connectivity index (χ3n) is 12.2. The van der Waals surface area contributed by atoms with Crippen molar-refractivity contribution in [1.29, 1.82) is 5.26 Å². The molecule has 2 amide bonds. The van der Waals surface area contributed by atoms with Gasteiger partial charge < -0.3 is 31.2 Å². The quantitative estimate of drug-likeness (QED) is 0.0864. The molecule has 1 aliphatic heterocycles. The standard InChI is InChI=1S/C51H65N9O9S/c1-29-23-45(69-21-19-54)35-25-38(29)39-24-34(13-16-44(39)68-20-18-53)47(43(63)22-30(2)49(64)59-40(26-35)41(61)10-9-17-52)60(8)50(65)36(28-56-70(55,66)67)27-42(62)46-31(3)57-48(58-32(46)4)33-11-14-37(15-12-33)51(5,6)7/h11-16,23-25,30,36,40,47,56H,9-10,18-22,26-28,53-54H2,1-8H3,(H,59,64)(H2,55,66,67)/t30-,36+,40+,47+/m1/s1. The van der Waals surface area contributed by atoms with E-state index in [1.807, 2.05) is 37.3 Å². The van der Waals surface area contributed by atoms with E-state index >= 15 is 0 Å². The first-order chi connectivity index (χ1) is 33.0. The number of nitrogens with zero attached hydrogens (tertiary/aromatic N) is 4. The van der Waals surface area contributed by atoms with Crippen molar-refractivity contribution >= 4 is 39.4 Å². The maximum Gasteiger partial charge on any atom is 0.274 e. The number of hydrogen-bond acceptors (Lipinski definition) is 14. The highest BCUT2D eigenvalue weighted by Crippen LogP contribution is 2.40. The van der Waals surface area contributed by atoms with Gasteiger partial charge in [-0.05, 0) is 78.3 Å². The van der Waals surface area contributed by atoms with Crippen LogP contribution in [0.3, 0.4) is 0 Å². The van der Waals surface area contributed by atoms with Crippen molar-refractivity contribution in [2.24, 2.45) is 28.4 Å². The van der Waals surface area contributed by atoms with Gasteiger partial charge in [-0.25, -0.2) is 19.8 Å². The lowest BCUT2D eigenvalue weighted by Gasteiger charge is -2.32. The van der Waals surface area contributed by atoms with Crippen LogP contribution in [0, 0.1) is 43.9 Å². The van der Waals surface area contributed by atoms with Gasteiger partial charge in [-0.3, -0.25) is 24.0 Å². The van der Waals surface area contributed by atoms with E-state index in [4.69, 9.17) is 26.1 Å². The molecule has 4 atom stereocenters. The molecule has 4 aromatic rings. The van der Waals surface area contributed by atoms with Gasteiger partial charge in [0.1, 0.15) is 30.8 Å². The predicted octanol–water partition coefficient (Wildman–Crippen LogP) is 4.40. The summed E-state index contributed by atoms with van der Waals surface area (Å²) < 4.78 is 39.0. The number of carbonyl (C=O) groups is 5. The van der Waals surface area contributed by atoms with E-state index < -0.39 is 82.7 Å². The number of hydrogen-bond donors (Lipinski definition) is 5. The normalized spacial score (nSPS) is 16.9. The van der Waals surface area contributed by atoms with Crippen LogP contribution in [-0.2, 0) is 41.2 Å². The molecule has 2 heterocycles. The van der Waals surface area contributed by atoms with E-state index in [0.29, 0.717) is 56.5 Å². The Labute approximate surface area is 410 Å². The van der Waals surface area contributed by atoms with E-state index in [1.165, 1.54) is 14.0 Å². The molecule has 374 valence electrons. The maximum absolute atomic E-state index is 14.9. The molecule has 70 heavy (non-hydrogen) atoms. The number of fused-ring (bicyclic) bond motifs is 5. The number of amides is 2. The summed E-state index contributed by atoms with van der Waals surface area (Å²) in [5.41, 5.74) is 16.9. The van der Waals surface area contributed by atoms with Crippen molar-refractivity contribution in [2.75, 3.05) is 39.9 Å². The highest BCUT2D eigenvalue weighted by molar-refractivity contribution is 7.87. The Morgan fingerprint density at radius 2 is 1.56 bits per heavy atom. The number of carbonyl (C=O) groups excluding carboxylic acids is 5. The summed E-state index contributed by atoms with van der Waals surface area (Å²) in [6, 6.07) is 15.8. The van der Waals surface area contributed by atoms with Crippen LogP contribution in [0.5, 0.6) is 11.5 Å². The predicted molar refractivity (Wildman–Crippen MR) is 265 cm³/mol. The number of nitriles is 1. The Morgan fingerprint density at radius 3 is 2.14 bits per heavy atom. The molecule has 4 bridgehead atoms. The van der Waals surface area contributed by atoms with Gasteiger partial charge in [-0.15, -0.1) is 0 Å². The van der Waals surface area contributed by atoms with E-state index in [2.05, 4.69) is 40.8 Å². The van der Waals surface area contributed by atoms with Crippen LogP contribution in [0.15, 0.2) is 54.6 Å². The molecule has 19 heteroatoms. The van der Waals surface area contributed by atoms with Gasteiger partial charge in [-0.1, -0.05) is 58.0 Å². The number of aromatic nitrogens is 2. The lowest BCUT2D eigenvalue weighted by Crippen LogP contribution is -2.47. The molecule has 8 N–H and O–H groups in total. The zero-order chi connectivity index (χ0) is 51.7. The van der Waals surface area contributed by atoms with Crippen molar-refractivity contribution in [3.05, 3.63) is 93.8 Å². The third-order valence-corrected chi connectivity index (χ3v) is 12.8. The number of ether oxygens (including phenoxy) is 2. The van der Waals surface area contributed by atoms with Crippen LogP contribution in [0.2, 0.25) is 0 Å². The van der Waals surface area contributed by atoms with Gasteiger partial charge in [0.05, 0.1) is 35.0 Å². The molecule has 1 aliphatic rings. The summed E-state index contributed by atoms with van der Waals surface area (Å²) in [6.45, 7) is 13.0. The first-order valence-electron chi connectivity index (χ1n) is 23.2. The fourth-order valence-corrected chi connectivity index (χ4v) is 8.97. The number of benzene rings is 3. The van der Waals surface area contributed by atoms with E-state index in [9.17, 15) is 37.7 Å². The average Bonchev–Trinajstić information content (AvgIpc) is 3.29. The van der Waals surface area contributed by atoms with Gasteiger partial charge in [0.15, 0.2) is 23.2 Å². The summed E-state index contributed by atoms with van der Waals surface area (Å²) in [7, 11) is -3.02. The van der Waals surface area contributed by atoms with E-state index in [0.717, 1.165) is 16.0 Å². The van der Waals surface area contributed by atoms with Crippen molar-refractivity contribution in [3.63, 3.8) is 0 Å². The van der Waals surface area contributed by atoms with E-state index in [1.54, 1.807) is 44.2 Å². The fourth-order valence-electron chi connectivity index (χ4n) is 8.54. The number of ketones is 3. The molecule has 0 saturated heterocycles. The lowest BCUT2D eigenvalue weighted by atomic mass is 9.86. The minimum Gasteiger partial charge on any atom is -0.492 e. The monoisotopic (exact) mass is 979 g/mol. The van der Waals surface area contributed by atoms with Gasteiger partial charge >= 0.3 is 0 Å². The molecule has 0 fully saturated rings. The highest BCUT2D eigenvalue weighted by Gasteiger charge is 2.37. The average molecular weight is 980 g/mol. The second-order valence-electron chi connectivity index (χ2n) is 18.8. The maximum atomic E-state index is 14.9. The van der Waals surface area contributed by atoms with Crippen LogP contribution in [0.4, 0.5) is 0 Å². The van der Waals surface area contributed by atoms with Crippen LogP contribution >= 0.6 is 0 Å². The number of likely N-dealkylation sites (N-methyl/N-ethyl adjacent to an activating group) is 1. The molecule has 0 unspecified atom stereocenters. The summed E-state index contributed by atoms with van der Waals surface area (Å²) >= 11 is 0. The minimum atomic E-state index is -4.38. The second kappa shape index (κ2) is 23.5.